The number of hydrogen-bond acceptors (Lipinski definition) is 7. The molecule has 8 nitrogen and oxygen atoms in total. The van der Waals surface area contributed by atoms with Crippen LogP contribution in [0.1, 0.15) is 64.0 Å². The van der Waals surface area contributed by atoms with Crippen LogP contribution in [0.5, 0.6) is 0 Å². The number of methoxy groups -OCH3 is 1. The van der Waals surface area contributed by atoms with Crippen molar-refractivity contribution >= 4 is 11.7 Å². The number of Topliss-reactive ketones (excluding diaryl/α,β-unsaturated/α-hetero) is 1. The highest BCUT2D eigenvalue weighted by Gasteiger charge is 2.37. The molecule has 0 aromatic carbocycles. The predicted octanol–water partition coefficient (Wildman–Crippen LogP) is 1.56. The standard InChI is InChI=1S/C18H30N4O4/c1-17(2,3)16-21-20-15(26-16)14(24)12-8-7-9-22(12)13(23)10-19-18(4,5)11-25-6/h12,19H,7-11H2,1-6H3. The molecule has 0 saturated carbocycles. The van der Waals surface area contributed by atoms with Crippen molar-refractivity contribution in [3.8, 4) is 0 Å². The van der Waals surface area contributed by atoms with Gasteiger partial charge in [0.1, 0.15) is 6.04 Å². The second-order valence-electron chi connectivity index (χ2n) is 8.44. The zero-order valence-electron chi connectivity index (χ0n) is 16.6. The van der Waals surface area contributed by atoms with Crippen LogP contribution in [0.25, 0.3) is 0 Å². The second kappa shape index (κ2) is 7.84. The van der Waals surface area contributed by atoms with Crippen LogP contribution in [0.2, 0.25) is 0 Å². The number of amides is 1. The number of carbonyl (C=O) groups excluding carboxylic acids is 2. The molecule has 1 aliphatic rings. The Balaban J connectivity index is 2.03. The largest absolute Gasteiger partial charge is 0.418 e. The van der Waals surface area contributed by atoms with Crippen molar-refractivity contribution in [2.45, 2.75) is 64.5 Å². The maximum Gasteiger partial charge on any atom is 0.286 e. The Labute approximate surface area is 154 Å². The Morgan fingerprint density at radius 3 is 2.54 bits per heavy atom. The molecule has 0 spiro atoms. The van der Waals surface area contributed by atoms with Gasteiger partial charge in [-0.25, -0.2) is 0 Å². The molecule has 1 aromatic rings. The number of hydrogen-bond donors (Lipinski definition) is 1. The van der Waals surface area contributed by atoms with Crippen LogP contribution in [0, 0.1) is 0 Å². The first-order valence-electron chi connectivity index (χ1n) is 8.97. The zero-order valence-corrected chi connectivity index (χ0v) is 16.6. The quantitative estimate of drug-likeness (QED) is 0.731. The predicted molar refractivity (Wildman–Crippen MR) is 96.0 cm³/mol. The minimum atomic E-state index is -0.539. The minimum absolute atomic E-state index is 0.0210. The van der Waals surface area contributed by atoms with Crippen LogP contribution in [0.3, 0.4) is 0 Å². The van der Waals surface area contributed by atoms with Crippen molar-refractivity contribution < 1.29 is 18.7 Å². The summed E-state index contributed by atoms with van der Waals surface area (Å²) in [5.74, 6) is 0.00240. The minimum Gasteiger partial charge on any atom is -0.418 e. The van der Waals surface area contributed by atoms with Crippen LogP contribution in [0.4, 0.5) is 0 Å². The molecule has 26 heavy (non-hydrogen) atoms. The molecule has 0 bridgehead atoms. The van der Waals surface area contributed by atoms with E-state index in [1.807, 2.05) is 34.6 Å². The lowest BCUT2D eigenvalue weighted by Gasteiger charge is -2.28. The Hall–Kier alpha value is -1.80. The van der Waals surface area contributed by atoms with Crippen molar-refractivity contribution in [3.63, 3.8) is 0 Å². The summed E-state index contributed by atoms with van der Waals surface area (Å²) >= 11 is 0. The van der Waals surface area contributed by atoms with Crippen molar-refractivity contribution in [1.29, 1.82) is 0 Å². The lowest BCUT2D eigenvalue weighted by molar-refractivity contribution is -0.130. The third-order valence-corrected chi connectivity index (χ3v) is 4.38. The molecule has 1 aliphatic heterocycles. The van der Waals surface area contributed by atoms with Gasteiger partial charge in [0.2, 0.25) is 17.6 Å². The molecule has 1 N–H and O–H groups in total. The molecule has 2 heterocycles. The van der Waals surface area contributed by atoms with Gasteiger partial charge in [-0.2, -0.15) is 0 Å². The molecular weight excluding hydrogens is 336 g/mol. The van der Waals surface area contributed by atoms with Gasteiger partial charge in [-0.1, -0.05) is 20.8 Å². The van der Waals surface area contributed by atoms with Crippen molar-refractivity contribution in [3.05, 3.63) is 11.8 Å². The van der Waals surface area contributed by atoms with Crippen molar-refractivity contribution in [1.82, 2.24) is 20.4 Å². The van der Waals surface area contributed by atoms with Gasteiger partial charge in [0.05, 0.1) is 13.2 Å². The van der Waals surface area contributed by atoms with Crippen molar-refractivity contribution in [2.24, 2.45) is 0 Å². The Bertz CT molecular complexity index is 648. The zero-order chi connectivity index (χ0) is 19.5. The normalized spacial score (nSPS) is 18.4. The first-order valence-corrected chi connectivity index (χ1v) is 8.97. The first kappa shape index (κ1) is 20.5. The molecule has 1 aromatic heterocycles. The SMILES string of the molecule is COCC(C)(C)NCC(=O)N1CCCC1C(=O)c1nnc(C(C)(C)C)o1. The van der Waals surface area contributed by atoms with Gasteiger partial charge in [-0.05, 0) is 26.7 Å². The average Bonchev–Trinajstić information content (AvgIpc) is 3.20. The fourth-order valence-electron chi connectivity index (χ4n) is 2.93. The van der Waals surface area contributed by atoms with Crippen LogP contribution >= 0.6 is 0 Å². The van der Waals surface area contributed by atoms with Gasteiger partial charge in [0.25, 0.3) is 5.89 Å². The van der Waals surface area contributed by atoms with E-state index in [-0.39, 0.29) is 35.1 Å². The molecule has 0 aliphatic carbocycles. The van der Waals surface area contributed by atoms with Gasteiger partial charge in [0.15, 0.2) is 0 Å². The van der Waals surface area contributed by atoms with Gasteiger partial charge >= 0.3 is 0 Å². The molecule has 8 heteroatoms. The van der Waals surface area contributed by atoms with Crippen LogP contribution in [0.15, 0.2) is 4.42 Å². The molecular formula is C18H30N4O4. The fraction of sp³-hybridized carbons (Fsp3) is 0.778. The summed E-state index contributed by atoms with van der Waals surface area (Å²) in [7, 11) is 1.62. The molecule has 1 amide bonds. The number of ketones is 1. The molecule has 1 saturated heterocycles. The maximum atomic E-state index is 12.8. The molecule has 146 valence electrons. The Kier molecular flexibility index (Phi) is 6.18. The summed E-state index contributed by atoms with van der Waals surface area (Å²) < 4.78 is 10.7. The Morgan fingerprint density at radius 1 is 1.27 bits per heavy atom. The lowest BCUT2D eigenvalue weighted by Crippen LogP contribution is -2.50. The van der Waals surface area contributed by atoms with Gasteiger partial charge in [0, 0.05) is 24.6 Å². The number of carbonyl (C=O) groups is 2. The highest BCUT2D eigenvalue weighted by molar-refractivity contribution is 5.98. The highest BCUT2D eigenvalue weighted by atomic mass is 16.5. The van der Waals surface area contributed by atoms with Crippen molar-refractivity contribution in [2.75, 3.05) is 26.8 Å². The smallest absolute Gasteiger partial charge is 0.286 e. The average molecular weight is 366 g/mol. The lowest BCUT2D eigenvalue weighted by atomic mass is 9.97. The van der Waals surface area contributed by atoms with E-state index in [4.69, 9.17) is 9.15 Å². The van der Waals surface area contributed by atoms with Crippen LogP contribution in [-0.4, -0.2) is 65.2 Å². The summed E-state index contributed by atoms with van der Waals surface area (Å²) in [6.45, 7) is 10.9. The van der Waals surface area contributed by atoms with E-state index < -0.39 is 6.04 Å². The molecule has 0 radical (unpaired) electrons. The van der Waals surface area contributed by atoms with E-state index in [9.17, 15) is 9.59 Å². The van der Waals surface area contributed by atoms with Gasteiger partial charge in [-0.15, -0.1) is 10.2 Å². The van der Waals surface area contributed by atoms with Crippen LogP contribution in [-0.2, 0) is 14.9 Å². The summed E-state index contributed by atoms with van der Waals surface area (Å²) in [6, 6.07) is -0.539. The number of likely N-dealkylation sites (tertiary alicyclic amines) is 1. The second-order valence-corrected chi connectivity index (χ2v) is 8.44. The number of ether oxygens (including phenoxy) is 1. The molecule has 1 atom stereocenters. The van der Waals surface area contributed by atoms with E-state index in [0.29, 0.717) is 25.5 Å². The van der Waals surface area contributed by atoms with Crippen LogP contribution < -0.4 is 5.32 Å². The third kappa shape index (κ3) is 4.88. The number of nitrogens with one attached hydrogen (secondary N) is 1. The topological polar surface area (TPSA) is 97.6 Å². The maximum absolute atomic E-state index is 12.8. The number of rotatable bonds is 7. The fourth-order valence-corrected chi connectivity index (χ4v) is 2.93. The summed E-state index contributed by atoms with van der Waals surface area (Å²) in [6.07, 6.45) is 1.39. The summed E-state index contributed by atoms with van der Waals surface area (Å²) in [5.41, 5.74) is -0.648. The van der Waals surface area contributed by atoms with Gasteiger partial charge in [-0.3, -0.25) is 9.59 Å². The van der Waals surface area contributed by atoms with E-state index in [1.165, 1.54) is 0 Å². The van der Waals surface area contributed by atoms with E-state index in [0.717, 1.165) is 6.42 Å². The third-order valence-electron chi connectivity index (χ3n) is 4.38. The highest BCUT2D eigenvalue weighted by Crippen LogP contribution is 2.24. The van der Waals surface area contributed by atoms with E-state index >= 15 is 0 Å². The summed E-state index contributed by atoms with van der Waals surface area (Å²) in [5, 5.41) is 11.0. The number of nitrogens with zero attached hydrogens (tertiary/aromatic N) is 3. The Morgan fingerprint density at radius 2 is 1.96 bits per heavy atom. The van der Waals surface area contributed by atoms with E-state index in [2.05, 4.69) is 15.5 Å². The molecule has 2 rings (SSSR count). The summed E-state index contributed by atoms with van der Waals surface area (Å²) in [4.78, 5) is 27.0. The van der Waals surface area contributed by atoms with E-state index in [1.54, 1.807) is 12.0 Å². The first-order chi connectivity index (χ1) is 12.0. The monoisotopic (exact) mass is 366 g/mol. The number of aromatic nitrogens is 2. The van der Waals surface area contributed by atoms with Gasteiger partial charge < -0.3 is 19.4 Å². The molecule has 1 unspecified atom stereocenters. The molecule has 1 fully saturated rings.